The zero-order chi connectivity index (χ0) is 5.49. The maximum absolute atomic E-state index is 5.74. The largest absolute Gasteiger partial charge is 0.0742 e. The molecule has 0 nitrogen and oxygen atoms in total. The third kappa shape index (κ3) is 1.22. The van der Waals surface area contributed by atoms with E-state index in [9.17, 15) is 0 Å². The lowest BCUT2D eigenvalue weighted by Crippen LogP contribution is -2.03. The van der Waals surface area contributed by atoms with Gasteiger partial charge in [0.15, 0.2) is 0 Å². The monoisotopic (exact) mass is 94.1 g/mol. The van der Waals surface area contributed by atoms with Gasteiger partial charge >= 0.3 is 0 Å². The van der Waals surface area contributed by atoms with Crippen molar-refractivity contribution in [2.75, 3.05) is 0 Å². The molecule has 0 aromatic heterocycles. The second-order valence-electron chi connectivity index (χ2n) is 3.10. The van der Waals surface area contributed by atoms with E-state index in [4.69, 9.17) is 7.85 Å². The summed E-state index contributed by atoms with van der Waals surface area (Å²) in [7, 11) is 5.74. The average Bonchev–Trinajstić information content (AvgIpc) is 1.99. The molecule has 1 fully saturated rings. The van der Waals surface area contributed by atoms with Crippen LogP contribution in [0.5, 0.6) is 0 Å². The Balaban J connectivity index is 2.36. The first kappa shape index (κ1) is 5.21. The van der Waals surface area contributed by atoms with Crippen LogP contribution in [0, 0.1) is 5.92 Å². The van der Waals surface area contributed by atoms with Crippen LogP contribution in [0.2, 0.25) is 5.31 Å². The van der Waals surface area contributed by atoms with Gasteiger partial charge < -0.3 is 0 Å². The molecule has 0 unspecified atom stereocenters. The fourth-order valence-electron chi connectivity index (χ4n) is 0.827. The zero-order valence-corrected chi connectivity index (χ0v) is 5.07. The molecule has 0 aromatic rings. The Morgan fingerprint density at radius 1 is 1.43 bits per heavy atom. The van der Waals surface area contributed by atoms with Gasteiger partial charge in [-0.25, -0.2) is 0 Å². The van der Waals surface area contributed by atoms with E-state index < -0.39 is 0 Å². The summed E-state index contributed by atoms with van der Waals surface area (Å²) in [5, 5.41) is 0.111. The second kappa shape index (κ2) is 1.27. The molecule has 38 valence electrons. The van der Waals surface area contributed by atoms with Crippen LogP contribution in [-0.2, 0) is 0 Å². The Kier molecular flexibility index (Phi) is 0.945. The molecule has 0 bridgehead atoms. The van der Waals surface area contributed by atoms with Crippen LogP contribution in [0.3, 0.4) is 0 Å². The summed E-state index contributed by atoms with van der Waals surface area (Å²) in [5.74, 6) is 0.826. The van der Waals surface area contributed by atoms with E-state index in [0.29, 0.717) is 0 Å². The molecule has 0 aliphatic heterocycles. The third-order valence-corrected chi connectivity index (χ3v) is 1.63. The average molecular weight is 94.0 g/mol. The minimum absolute atomic E-state index is 0.111. The van der Waals surface area contributed by atoms with Crippen LogP contribution >= 0.6 is 0 Å². The summed E-state index contributed by atoms with van der Waals surface area (Å²) in [6, 6.07) is 0. The summed E-state index contributed by atoms with van der Waals surface area (Å²) in [5.41, 5.74) is 0. The summed E-state index contributed by atoms with van der Waals surface area (Å²) in [4.78, 5) is 0. The maximum atomic E-state index is 5.74. The van der Waals surface area contributed by atoms with E-state index in [1.807, 2.05) is 0 Å². The molecule has 1 rings (SSSR count). The van der Waals surface area contributed by atoms with Crippen LogP contribution in [0.4, 0.5) is 0 Å². The number of rotatable bonds is 1. The lowest BCUT2D eigenvalue weighted by atomic mass is 9.69. The quantitative estimate of drug-likeness (QED) is 0.434. The van der Waals surface area contributed by atoms with E-state index in [1.54, 1.807) is 0 Å². The molecule has 1 aliphatic rings. The molecule has 2 radical (unpaired) electrons. The van der Waals surface area contributed by atoms with E-state index >= 15 is 0 Å². The van der Waals surface area contributed by atoms with Crippen LogP contribution in [0.25, 0.3) is 0 Å². The number of hydrogen-bond donors (Lipinski definition) is 0. The first-order chi connectivity index (χ1) is 3.11. The topological polar surface area (TPSA) is 0 Å². The van der Waals surface area contributed by atoms with Crippen molar-refractivity contribution < 1.29 is 0 Å². The summed E-state index contributed by atoms with van der Waals surface area (Å²) >= 11 is 0. The van der Waals surface area contributed by atoms with Gasteiger partial charge in [0.05, 0.1) is 7.85 Å². The van der Waals surface area contributed by atoms with Gasteiger partial charge in [-0.2, -0.15) is 0 Å². The van der Waals surface area contributed by atoms with Crippen LogP contribution < -0.4 is 0 Å². The van der Waals surface area contributed by atoms with E-state index in [1.165, 1.54) is 12.8 Å². The molecule has 1 aliphatic carbocycles. The highest BCUT2D eigenvalue weighted by Gasteiger charge is 2.32. The van der Waals surface area contributed by atoms with E-state index in [2.05, 4.69) is 13.8 Å². The lowest BCUT2D eigenvalue weighted by Gasteiger charge is -2.15. The molecule has 1 heteroatoms. The SMILES string of the molecule is [B]C(C)(C)C1CC1. The second-order valence-corrected chi connectivity index (χ2v) is 3.10. The van der Waals surface area contributed by atoms with Crippen molar-refractivity contribution in [3.8, 4) is 0 Å². The van der Waals surface area contributed by atoms with Gasteiger partial charge in [0.2, 0.25) is 0 Å². The highest BCUT2D eigenvalue weighted by atomic mass is 14.3. The molecule has 0 spiro atoms. The first-order valence-corrected chi connectivity index (χ1v) is 2.89. The van der Waals surface area contributed by atoms with Gasteiger partial charge in [-0.1, -0.05) is 32.0 Å². The molecule has 7 heavy (non-hydrogen) atoms. The minimum atomic E-state index is 0.111. The van der Waals surface area contributed by atoms with Gasteiger partial charge in [-0.3, -0.25) is 0 Å². The van der Waals surface area contributed by atoms with E-state index in [-0.39, 0.29) is 5.31 Å². The fraction of sp³-hybridized carbons (Fsp3) is 1.00. The normalized spacial score (nSPS) is 22.6. The lowest BCUT2D eigenvalue weighted by molar-refractivity contribution is 0.591. The Morgan fingerprint density at radius 2 is 1.86 bits per heavy atom. The fourth-order valence-corrected chi connectivity index (χ4v) is 0.827. The zero-order valence-electron chi connectivity index (χ0n) is 5.07. The molecular weight excluding hydrogens is 82.9 g/mol. The van der Waals surface area contributed by atoms with Gasteiger partial charge in [-0.05, 0) is 5.92 Å². The first-order valence-electron chi connectivity index (χ1n) is 2.89. The molecule has 0 N–H and O–H groups in total. The summed E-state index contributed by atoms with van der Waals surface area (Å²) < 4.78 is 0. The van der Waals surface area contributed by atoms with Crippen molar-refractivity contribution in [3.63, 3.8) is 0 Å². The van der Waals surface area contributed by atoms with Crippen LogP contribution in [0.1, 0.15) is 26.7 Å². The molecule has 0 saturated heterocycles. The van der Waals surface area contributed by atoms with Crippen molar-refractivity contribution in [3.05, 3.63) is 0 Å². The van der Waals surface area contributed by atoms with Gasteiger partial charge in [0, 0.05) is 0 Å². The smallest absolute Gasteiger partial charge is 0.0688 e. The number of hydrogen-bond acceptors (Lipinski definition) is 0. The highest BCUT2D eigenvalue weighted by molar-refractivity contribution is 6.15. The van der Waals surface area contributed by atoms with E-state index in [0.717, 1.165) is 5.92 Å². The van der Waals surface area contributed by atoms with Crippen LogP contribution in [0.15, 0.2) is 0 Å². The Morgan fingerprint density at radius 3 is 1.86 bits per heavy atom. The standard InChI is InChI=1S/C6H11B/c1-6(2,7)5-3-4-5/h5H,3-4H2,1-2H3. The summed E-state index contributed by atoms with van der Waals surface area (Å²) in [6.45, 7) is 4.20. The molecule has 1 saturated carbocycles. The molecule has 0 amide bonds. The van der Waals surface area contributed by atoms with Crippen molar-refractivity contribution in [1.82, 2.24) is 0 Å². The third-order valence-electron chi connectivity index (χ3n) is 1.63. The Bertz CT molecular complexity index is 66.7. The van der Waals surface area contributed by atoms with Crippen molar-refractivity contribution in [2.24, 2.45) is 5.92 Å². The summed E-state index contributed by atoms with van der Waals surface area (Å²) in [6.07, 6.45) is 2.70. The highest BCUT2D eigenvalue weighted by Crippen LogP contribution is 2.47. The Hall–Kier alpha value is 0.0649. The van der Waals surface area contributed by atoms with Crippen molar-refractivity contribution in [1.29, 1.82) is 0 Å². The van der Waals surface area contributed by atoms with Gasteiger partial charge in [0.1, 0.15) is 0 Å². The van der Waals surface area contributed by atoms with Gasteiger partial charge in [0.25, 0.3) is 0 Å². The predicted octanol–water partition coefficient (Wildman–Crippen LogP) is 1.76. The molecule has 0 atom stereocenters. The van der Waals surface area contributed by atoms with Crippen molar-refractivity contribution in [2.45, 2.75) is 32.0 Å². The molecule has 0 aromatic carbocycles. The molecular formula is C6H11B. The maximum Gasteiger partial charge on any atom is 0.0742 e. The predicted molar refractivity (Wildman–Crippen MR) is 32.5 cm³/mol. The van der Waals surface area contributed by atoms with Crippen LogP contribution in [-0.4, -0.2) is 7.85 Å². The molecule has 0 heterocycles. The minimum Gasteiger partial charge on any atom is -0.0688 e. The Labute approximate surface area is 46.7 Å². The van der Waals surface area contributed by atoms with Crippen molar-refractivity contribution >= 4 is 7.85 Å². The van der Waals surface area contributed by atoms with Gasteiger partial charge in [-0.15, -0.1) is 0 Å².